The minimum absolute atomic E-state index is 0.101. The maximum Gasteiger partial charge on any atom is 0.216 e. The predicted molar refractivity (Wildman–Crippen MR) is 74.1 cm³/mol. The van der Waals surface area contributed by atoms with E-state index in [9.17, 15) is 8.42 Å². The highest BCUT2D eigenvalue weighted by molar-refractivity contribution is 7.88. The van der Waals surface area contributed by atoms with E-state index in [1.54, 1.807) is 38.1 Å². The van der Waals surface area contributed by atoms with Crippen LogP contribution in [0.5, 0.6) is 0 Å². The molecule has 5 nitrogen and oxygen atoms in total. The van der Waals surface area contributed by atoms with Crippen LogP contribution in [0.3, 0.4) is 0 Å². The maximum atomic E-state index is 12.1. The van der Waals surface area contributed by atoms with Gasteiger partial charge in [0.05, 0.1) is 24.5 Å². The Morgan fingerprint density at radius 1 is 1.32 bits per heavy atom. The van der Waals surface area contributed by atoms with Crippen LogP contribution in [0.4, 0.5) is 0 Å². The van der Waals surface area contributed by atoms with E-state index in [-0.39, 0.29) is 12.4 Å². The monoisotopic (exact) mass is 287 g/mol. The molecule has 0 heterocycles. The lowest BCUT2D eigenvalue weighted by atomic mass is 10.1. The van der Waals surface area contributed by atoms with Gasteiger partial charge in [-0.15, -0.1) is 0 Å². The van der Waals surface area contributed by atoms with E-state index in [1.165, 1.54) is 7.11 Å². The summed E-state index contributed by atoms with van der Waals surface area (Å²) in [7, 11) is -1.92. The van der Waals surface area contributed by atoms with Crippen molar-refractivity contribution in [2.24, 2.45) is 0 Å². The van der Waals surface area contributed by atoms with Crippen molar-refractivity contribution in [2.75, 3.05) is 13.7 Å². The van der Waals surface area contributed by atoms with Gasteiger partial charge >= 0.3 is 0 Å². The van der Waals surface area contributed by atoms with Crippen LogP contribution in [0.1, 0.15) is 25.0 Å². The summed E-state index contributed by atoms with van der Waals surface area (Å²) in [5, 5.41) is 9.04. The van der Waals surface area contributed by atoms with Gasteiger partial charge in [-0.3, -0.25) is 0 Å². The van der Waals surface area contributed by atoms with Crippen molar-refractivity contribution in [3.8, 4) is 0 Å². The molecule has 0 aromatic heterocycles. The van der Waals surface area contributed by atoms with Gasteiger partial charge in [0.25, 0.3) is 0 Å². The largest absolute Gasteiger partial charge is 0.392 e. The molecule has 1 rings (SSSR count). The Morgan fingerprint density at radius 2 is 1.95 bits per heavy atom. The number of hydrogen-bond donors (Lipinski definition) is 2. The van der Waals surface area contributed by atoms with Crippen molar-refractivity contribution < 1.29 is 18.3 Å². The van der Waals surface area contributed by atoms with E-state index < -0.39 is 15.6 Å². The Morgan fingerprint density at radius 3 is 2.53 bits per heavy atom. The van der Waals surface area contributed by atoms with Crippen LogP contribution in [0, 0.1) is 0 Å². The van der Waals surface area contributed by atoms with Gasteiger partial charge in [0.15, 0.2) is 0 Å². The van der Waals surface area contributed by atoms with Crippen LogP contribution in [0.25, 0.3) is 0 Å². The number of rotatable bonds is 7. The molecule has 0 aliphatic heterocycles. The van der Waals surface area contributed by atoms with E-state index in [2.05, 4.69) is 4.72 Å². The van der Waals surface area contributed by atoms with Crippen molar-refractivity contribution in [3.63, 3.8) is 0 Å². The topological polar surface area (TPSA) is 75.6 Å². The van der Waals surface area contributed by atoms with Gasteiger partial charge in [0.1, 0.15) is 0 Å². The van der Waals surface area contributed by atoms with Gasteiger partial charge in [0, 0.05) is 7.11 Å². The smallest absolute Gasteiger partial charge is 0.216 e. The minimum Gasteiger partial charge on any atom is -0.392 e. The predicted octanol–water partition coefficient (Wildman–Crippen LogP) is 1.02. The Kier molecular flexibility index (Phi) is 5.49. The second-order valence-electron chi connectivity index (χ2n) is 5.16. The first kappa shape index (κ1) is 16.1. The molecule has 108 valence electrons. The summed E-state index contributed by atoms with van der Waals surface area (Å²) in [4.78, 5) is 0. The molecule has 0 spiro atoms. The fraction of sp³-hybridized carbons (Fsp3) is 0.538. The SMILES string of the molecule is COCC(C)(C)NS(=O)(=O)Cc1cccc(CO)c1. The molecule has 0 atom stereocenters. The van der Waals surface area contributed by atoms with E-state index >= 15 is 0 Å². The van der Waals surface area contributed by atoms with Crippen LogP contribution in [-0.4, -0.2) is 32.8 Å². The second kappa shape index (κ2) is 6.47. The maximum absolute atomic E-state index is 12.1. The third kappa shape index (κ3) is 5.69. The van der Waals surface area contributed by atoms with Crippen LogP contribution in [0.15, 0.2) is 24.3 Å². The fourth-order valence-electron chi connectivity index (χ4n) is 1.88. The van der Waals surface area contributed by atoms with Gasteiger partial charge in [-0.05, 0) is 25.0 Å². The molecular weight excluding hydrogens is 266 g/mol. The molecule has 0 bridgehead atoms. The summed E-state index contributed by atoms with van der Waals surface area (Å²) in [5.41, 5.74) is 0.693. The molecule has 0 amide bonds. The van der Waals surface area contributed by atoms with Gasteiger partial charge < -0.3 is 9.84 Å². The highest BCUT2D eigenvalue weighted by Gasteiger charge is 2.24. The lowest BCUT2D eigenvalue weighted by Crippen LogP contribution is -2.47. The molecule has 0 saturated carbocycles. The van der Waals surface area contributed by atoms with E-state index in [1.807, 2.05) is 0 Å². The van der Waals surface area contributed by atoms with Crippen molar-refractivity contribution >= 4 is 10.0 Å². The number of aliphatic hydroxyl groups excluding tert-OH is 1. The second-order valence-corrected chi connectivity index (χ2v) is 6.88. The van der Waals surface area contributed by atoms with Crippen LogP contribution >= 0.6 is 0 Å². The first-order valence-electron chi connectivity index (χ1n) is 5.97. The van der Waals surface area contributed by atoms with E-state index in [0.717, 1.165) is 0 Å². The van der Waals surface area contributed by atoms with Gasteiger partial charge in [-0.2, -0.15) is 0 Å². The Hall–Kier alpha value is -0.950. The minimum atomic E-state index is -3.45. The zero-order valence-corrected chi connectivity index (χ0v) is 12.3. The van der Waals surface area contributed by atoms with Gasteiger partial charge in [-0.25, -0.2) is 13.1 Å². The molecule has 0 aliphatic rings. The van der Waals surface area contributed by atoms with Gasteiger partial charge in [0.2, 0.25) is 10.0 Å². The number of hydrogen-bond acceptors (Lipinski definition) is 4. The molecular formula is C13H21NO4S. The average molecular weight is 287 g/mol. The van der Waals surface area contributed by atoms with Crippen molar-refractivity contribution in [1.82, 2.24) is 4.72 Å². The van der Waals surface area contributed by atoms with Crippen LogP contribution in [-0.2, 0) is 27.1 Å². The summed E-state index contributed by atoms with van der Waals surface area (Å²) in [6, 6.07) is 6.89. The van der Waals surface area contributed by atoms with E-state index in [4.69, 9.17) is 9.84 Å². The third-order valence-corrected chi connectivity index (χ3v) is 4.04. The molecule has 0 radical (unpaired) electrons. The highest BCUT2D eigenvalue weighted by atomic mass is 32.2. The molecule has 19 heavy (non-hydrogen) atoms. The van der Waals surface area contributed by atoms with Crippen molar-refractivity contribution in [1.29, 1.82) is 0 Å². The quantitative estimate of drug-likeness (QED) is 0.785. The number of nitrogens with one attached hydrogen (secondary N) is 1. The Bertz CT molecular complexity index is 511. The Labute approximate surface area is 114 Å². The summed E-state index contributed by atoms with van der Waals surface area (Å²) >= 11 is 0. The highest BCUT2D eigenvalue weighted by Crippen LogP contribution is 2.12. The fourth-order valence-corrected chi connectivity index (χ4v) is 3.48. The van der Waals surface area contributed by atoms with Crippen LogP contribution in [0.2, 0.25) is 0 Å². The van der Waals surface area contributed by atoms with E-state index in [0.29, 0.717) is 17.7 Å². The first-order chi connectivity index (χ1) is 8.78. The third-order valence-electron chi connectivity index (χ3n) is 2.47. The lowest BCUT2D eigenvalue weighted by molar-refractivity contribution is 0.141. The molecule has 0 unspecified atom stereocenters. The zero-order valence-electron chi connectivity index (χ0n) is 11.5. The van der Waals surface area contributed by atoms with Gasteiger partial charge in [-0.1, -0.05) is 24.3 Å². The number of ether oxygens (including phenoxy) is 1. The molecule has 0 aliphatic carbocycles. The summed E-state index contributed by atoms with van der Waals surface area (Å²) in [6.45, 7) is 3.72. The molecule has 2 N–H and O–H groups in total. The summed E-state index contributed by atoms with van der Waals surface area (Å²) in [5.74, 6) is -0.117. The van der Waals surface area contributed by atoms with Crippen molar-refractivity contribution in [3.05, 3.63) is 35.4 Å². The van der Waals surface area contributed by atoms with Crippen molar-refractivity contribution in [2.45, 2.75) is 31.7 Å². The molecule has 0 saturated heterocycles. The molecule has 1 aromatic rings. The number of aliphatic hydroxyl groups is 1. The van der Waals surface area contributed by atoms with Crippen LogP contribution < -0.4 is 4.72 Å². The standard InChI is InChI=1S/C13H21NO4S/c1-13(2,10-18-3)14-19(16,17)9-12-6-4-5-11(7-12)8-15/h4-7,14-15H,8-10H2,1-3H3. The number of benzene rings is 1. The molecule has 0 fully saturated rings. The first-order valence-corrected chi connectivity index (χ1v) is 7.62. The average Bonchev–Trinajstić information content (AvgIpc) is 2.26. The summed E-state index contributed by atoms with van der Waals surface area (Å²) < 4.78 is 31.7. The molecule has 1 aromatic carbocycles. The number of methoxy groups -OCH3 is 1. The normalized spacial score (nSPS) is 12.6. The Balaban J connectivity index is 2.79. The lowest BCUT2D eigenvalue weighted by Gasteiger charge is -2.24. The molecule has 6 heteroatoms. The number of sulfonamides is 1. The zero-order chi connectivity index (χ0) is 14.5. The summed E-state index contributed by atoms with van der Waals surface area (Å²) in [6.07, 6.45) is 0.